The minimum absolute atomic E-state index is 0.0552. The number of benzene rings is 2. The first-order valence-electron chi connectivity index (χ1n) is 12.1. The highest BCUT2D eigenvalue weighted by atomic mass is 16.6. The van der Waals surface area contributed by atoms with Crippen LogP contribution in [0.5, 0.6) is 11.5 Å². The second-order valence-electron chi connectivity index (χ2n) is 10.2. The van der Waals surface area contributed by atoms with E-state index < -0.39 is 5.97 Å². The summed E-state index contributed by atoms with van der Waals surface area (Å²) in [6.07, 6.45) is 3.12. The van der Waals surface area contributed by atoms with Crippen molar-refractivity contribution in [3.63, 3.8) is 0 Å². The molecule has 0 amide bonds. The Kier molecular flexibility index (Phi) is 7.27. The number of hydrogen-bond donors (Lipinski definition) is 0. The van der Waals surface area contributed by atoms with Crippen LogP contribution in [0.15, 0.2) is 48.5 Å². The van der Waals surface area contributed by atoms with Crippen molar-refractivity contribution in [3.8, 4) is 11.5 Å². The molecule has 2 aromatic carbocycles. The fraction of sp³-hybridized carbons (Fsp3) is 0.500. The van der Waals surface area contributed by atoms with Gasteiger partial charge in [-0.25, -0.2) is 9.59 Å². The molecule has 2 aromatic rings. The van der Waals surface area contributed by atoms with Gasteiger partial charge in [-0.05, 0) is 86.1 Å². The minimum Gasteiger partial charge on any atom is -0.491 e. The first-order chi connectivity index (χ1) is 16.2. The van der Waals surface area contributed by atoms with E-state index in [1.54, 1.807) is 48.5 Å². The topological polar surface area (TPSA) is 74.4 Å². The van der Waals surface area contributed by atoms with Gasteiger partial charge in [0, 0.05) is 0 Å². The molecule has 34 heavy (non-hydrogen) atoms. The van der Waals surface area contributed by atoms with Gasteiger partial charge in [-0.15, -0.1) is 0 Å². The van der Waals surface area contributed by atoms with Gasteiger partial charge in [0.2, 0.25) is 0 Å². The zero-order valence-corrected chi connectivity index (χ0v) is 20.4. The summed E-state index contributed by atoms with van der Waals surface area (Å²) >= 11 is 0. The highest BCUT2D eigenvalue weighted by molar-refractivity contribution is 5.92. The van der Waals surface area contributed by atoms with Crippen LogP contribution in [0.3, 0.4) is 0 Å². The average Bonchev–Trinajstić information content (AvgIpc) is 3.55. The van der Waals surface area contributed by atoms with Crippen LogP contribution in [0.4, 0.5) is 0 Å². The van der Waals surface area contributed by atoms with Crippen LogP contribution >= 0.6 is 0 Å². The molecule has 2 fully saturated rings. The van der Waals surface area contributed by atoms with Gasteiger partial charge in [0.15, 0.2) is 0 Å². The van der Waals surface area contributed by atoms with Crippen molar-refractivity contribution in [2.75, 3.05) is 13.2 Å². The summed E-state index contributed by atoms with van der Waals surface area (Å²) in [6, 6.07) is 13.3. The molecule has 0 aromatic heterocycles. The van der Waals surface area contributed by atoms with Gasteiger partial charge in [0.05, 0.1) is 17.7 Å². The fourth-order valence-corrected chi connectivity index (χ4v) is 4.41. The smallest absolute Gasteiger partial charge is 0.343 e. The van der Waals surface area contributed by atoms with Crippen LogP contribution in [-0.4, -0.2) is 36.9 Å². The summed E-state index contributed by atoms with van der Waals surface area (Å²) in [4.78, 5) is 25.2. The van der Waals surface area contributed by atoms with Crippen LogP contribution in [0.2, 0.25) is 0 Å². The van der Waals surface area contributed by atoms with E-state index in [2.05, 4.69) is 20.8 Å². The Morgan fingerprint density at radius 2 is 1.56 bits per heavy atom. The van der Waals surface area contributed by atoms with E-state index in [1.807, 2.05) is 6.92 Å². The summed E-state index contributed by atoms with van der Waals surface area (Å²) in [6.45, 7) is 9.76. The van der Waals surface area contributed by atoms with Gasteiger partial charge in [0.25, 0.3) is 0 Å². The molecule has 1 heterocycles. The molecule has 1 saturated carbocycles. The van der Waals surface area contributed by atoms with Crippen LogP contribution in [0.25, 0.3) is 0 Å². The summed E-state index contributed by atoms with van der Waals surface area (Å²) in [7, 11) is 0. The minimum atomic E-state index is -0.477. The zero-order valence-electron chi connectivity index (χ0n) is 20.4. The highest BCUT2D eigenvalue weighted by Gasteiger charge is 2.40. The number of ether oxygens (including phenoxy) is 4. The van der Waals surface area contributed by atoms with E-state index in [0.717, 1.165) is 12.8 Å². The quantitative estimate of drug-likeness (QED) is 0.283. The molecule has 182 valence electrons. The average molecular weight is 467 g/mol. The largest absolute Gasteiger partial charge is 0.491 e. The van der Waals surface area contributed by atoms with Gasteiger partial charge in [-0.3, -0.25) is 0 Å². The Bertz CT molecular complexity index is 991. The molecule has 0 bridgehead atoms. The lowest BCUT2D eigenvalue weighted by Crippen LogP contribution is -2.35. The van der Waals surface area contributed by atoms with E-state index in [4.69, 9.17) is 18.9 Å². The molecule has 1 aliphatic carbocycles. The summed E-state index contributed by atoms with van der Waals surface area (Å²) < 4.78 is 22.3. The maximum atomic E-state index is 12.7. The van der Waals surface area contributed by atoms with Crippen molar-refractivity contribution >= 4 is 11.9 Å². The third-order valence-corrected chi connectivity index (χ3v) is 6.79. The number of carbonyl (C=O) groups excluding carboxylic acids is 2. The van der Waals surface area contributed by atoms with Crippen molar-refractivity contribution in [2.45, 2.75) is 58.7 Å². The maximum absolute atomic E-state index is 12.7. The van der Waals surface area contributed by atoms with Crippen molar-refractivity contribution in [1.29, 1.82) is 0 Å². The summed E-state index contributed by atoms with van der Waals surface area (Å²) in [5.41, 5.74) is 0.674. The monoisotopic (exact) mass is 466 g/mol. The van der Waals surface area contributed by atoms with Crippen LogP contribution in [0.1, 0.15) is 67.7 Å². The van der Waals surface area contributed by atoms with E-state index in [1.165, 1.54) is 6.42 Å². The number of epoxide rings is 1. The number of hydrogen-bond acceptors (Lipinski definition) is 6. The lowest BCUT2D eigenvalue weighted by molar-refractivity contribution is -0.0174. The Morgan fingerprint density at radius 1 is 0.971 bits per heavy atom. The Labute approximate surface area is 201 Å². The second kappa shape index (κ2) is 10.2. The normalized spacial score (nSPS) is 26.1. The summed E-state index contributed by atoms with van der Waals surface area (Å²) in [5, 5.41) is 0. The SMILES string of the molecule is CC1CCC(C(C)C)C(OC(=O)c2ccc(OC(=O)c3ccc(OCC4(C)CO4)cc3)cc2)C1. The third kappa shape index (κ3) is 6.17. The molecular formula is C28H34O6. The van der Waals surface area contributed by atoms with Crippen LogP contribution < -0.4 is 9.47 Å². The van der Waals surface area contributed by atoms with Crippen LogP contribution in [-0.2, 0) is 9.47 Å². The third-order valence-electron chi connectivity index (χ3n) is 6.79. The van der Waals surface area contributed by atoms with E-state index >= 15 is 0 Å². The number of carbonyl (C=O) groups is 2. The molecule has 6 nitrogen and oxygen atoms in total. The Morgan fingerprint density at radius 3 is 2.15 bits per heavy atom. The van der Waals surface area contributed by atoms with Crippen molar-refractivity contribution < 1.29 is 28.5 Å². The predicted octanol–water partition coefficient (Wildman–Crippen LogP) is 5.69. The molecule has 4 unspecified atom stereocenters. The second-order valence-corrected chi connectivity index (χ2v) is 10.2. The first-order valence-corrected chi connectivity index (χ1v) is 12.1. The summed E-state index contributed by atoms with van der Waals surface area (Å²) in [5.74, 6) is 1.66. The molecule has 4 atom stereocenters. The highest BCUT2D eigenvalue weighted by Crippen LogP contribution is 2.35. The molecule has 4 rings (SSSR count). The van der Waals surface area contributed by atoms with Crippen molar-refractivity contribution in [1.82, 2.24) is 0 Å². The lowest BCUT2D eigenvalue weighted by atomic mass is 9.75. The molecule has 0 spiro atoms. The molecule has 6 heteroatoms. The standard InChI is InChI=1S/C28H34O6/c1-18(2)24-14-5-19(3)15-25(24)34-27(30)21-8-12-23(13-9-21)33-26(29)20-6-10-22(11-7-20)31-16-28(4)17-32-28/h6-13,18-19,24-25H,5,14-17H2,1-4H3. The Hall–Kier alpha value is -2.86. The molecule has 0 radical (unpaired) electrons. The van der Waals surface area contributed by atoms with Gasteiger partial charge < -0.3 is 18.9 Å². The molecule has 0 N–H and O–H groups in total. The number of rotatable bonds is 8. The van der Waals surface area contributed by atoms with Crippen molar-refractivity contribution in [2.24, 2.45) is 17.8 Å². The molecule has 1 aliphatic heterocycles. The van der Waals surface area contributed by atoms with Crippen LogP contribution in [0, 0.1) is 17.8 Å². The maximum Gasteiger partial charge on any atom is 0.343 e. The fourth-order valence-electron chi connectivity index (χ4n) is 4.41. The van der Waals surface area contributed by atoms with E-state index in [9.17, 15) is 9.59 Å². The van der Waals surface area contributed by atoms with Gasteiger partial charge in [-0.1, -0.05) is 27.2 Å². The van der Waals surface area contributed by atoms with Gasteiger partial charge >= 0.3 is 11.9 Å². The van der Waals surface area contributed by atoms with Gasteiger partial charge in [-0.2, -0.15) is 0 Å². The number of esters is 2. The van der Waals surface area contributed by atoms with E-state index in [0.29, 0.717) is 53.6 Å². The lowest BCUT2D eigenvalue weighted by Gasteiger charge is -2.36. The molecule has 2 aliphatic rings. The predicted molar refractivity (Wildman–Crippen MR) is 128 cm³/mol. The van der Waals surface area contributed by atoms with E-state index in [-0.39, 0.29) is 17.7 Å². The first kappa shape index (κ1) is 24.3. The molecular weight excluding hydrogens is 432 g/mol. The zero-order chi connectivity index (χ0) is 24.3. The molecule has 1 saturated heterocycles. The Balaban J connectivity index is 1.31. The van der Waals surface area contributed by atoms with Gasteiger partial charge in [0.1, 0.15) is 29.8 Å². The van der Waals surface area contributed by atoms with Crippen molar-refractivity contribution in [3.05, 3.63) is 59.7 Å².